The van der Waals surface area contributed by atoms with Crippen LogP contribution in [0, 0.1) is 5.92 Å². The second-order valence-electron chi connectivity index (χ2n) is 7.11. The Morgan fingerprint density at radius 3 is 2.62 bits per heavy atom. The van der Waals surface area contributed by atoms with E-state index in [4.69, 9.17) is 5.11 Å². The van der Waals surface area contributed by atoms with E-state index in [2.05, 4.69) is 20.2 Å². The zero-order chi connectivity index (χ0) is 18.5. The van der Waals surface area contributed by atoms with Gasteiger partial charge < -0.3 is 15.3 Å². The molecule has 1 aliphatic heterocycles. The molecule has 1 aromatic rings. The summed E-state index contributed by atoms with van der Waals surface area (Å²) in [5.74, 6) is 0.247. The molecular formula is C18H27N5O3. The van der Waals surface area contributed by atoms with Gasteiger partial charge in [-0.2, -0.15) is 0 Å². The van der Waals surface area contributed by atoms with Crippen molar-refractivity contribution in [1.82, 2.24) is 20.2 Å². The monoisotopic (exact) mass is 361 g/mol. The summed E-state index contributed by atoms with van der Waals surface area (Å²) in [6.07, 6.45) is 8.41. The van der Waals surface area contributed by atoms with Crippen LogP contribution in [0.15, 0.2) is 18.6 Å². The molecule has 0 unspecified atom stereocenters. The number of hydrogen-bond donors (Lipinski definition) is 2. The summed E-state index contributed by atoms with van der Waals surface area (Å²) < 4.78 is 0. The van der Waals surface area contributed by atoms with Crippen LogP contribution >= 0.6 is 0 Å². The van der Waals surface area contributed by atoms with E-state index in [1.807, 2.05) is 11.8 Å². The zero-order valence-electron chi connectivity index (χ0n) is 15.2. The Hall–Kier alpha value is -2.22. The first-order chi connectivity index (χ1) is 12.6. The maximum absolute atomic E-state index is 12.5. The Morgan fingerprint density at radius 1 is 1.31 bits per heavy atom. The number of nitrogens with zero attached hydrogens (tertiary/aromatic N) is 4. The smallest absolute Gasteiger partial charge is 0.317 e. The summed E-state index contributed by atoms with van der Waals surface area (Å²) in [6.45, 7) is 4.39. The number of carbonyl (C=O) groups excluding carboxylic acids is 1. The van der Waals surface area contributed by atoms with Crippen LogP contribution in [0.2, 0.25) is 0 Å². The number of aliphatic carboxylic acids is 1. The fourth-order valence-electron chi connectivity index (χ4n) is 3.82. The topological polar surface area (TPSA) is 98.7 Å². The molecule has 3 rings (SSSR count). The molecule has 1 amide bonds. The Balaban J connectivity index is 1.40. The zero-order valence-corrected chi connectivity index (χ0v) is 15.2. The number of piperidine rings is 1. The summed E-state index contributed by atoms with van der Waals surface area (Å²) in [4.78, 5) is 35.9. The van der Waals surface area contributed by atoms with Gasteiger partial charge in [-0.1, -0.05) is 6.92 Å². The number of rotatable bonds is 7. The molecular weight excluding hydrogens is 334 g/mol. The third-order valence-electron chi connectivity index (χ3n) is 5.46. The van der Waals surface area contributed by atoms with Crippen molar-refractivity contribution in [2.45, 2.75) is 44.7 Å². The van der Waals surface area contributed by atoms with Crippen LogP contribution in [0.3, 0.4) is 0 Å². The number of amides is 1. The lowest BCUT2D eigenvalue weighted by Crippen LogP contribution is -2.56. The molecule has 8 heteroatoms. The number of carboxylic acid groups (broad SMARTS) is 1. The standard InChI is InChI=1S/C18H27N5O3/c1-2-22(12-17(24)25)15-9-14(10-15)21-18(26)13-3-7-23(8-4-13)16-11-19-5-6-20-16/h5-6,11,13-15H,2-4,7-10,12H2,1H3,(H,21,26)(H,24,25). The largest absolute Gasteiger partial charge is 0.480 e. The van der Waals surface area contributed by atoms with E-state index in [9.17, 15) is 9.59 Å². The maximum atomic E-state index is 12.5. The number of nitrogens with one attached hydrogen (secondary N) is 1. The Kier molecular flexibility index (Phi) is 6.03. The quantitative estimate of drug-likeness (QED) is 0.739. The molecule has 142 valence electrons. The van der Waals surface area contributed by atoms with Crippen molar-refractivity contribution < 1.29 is 14.7 Å². The highest BCUT2D eigenvalue weighted by Gasteiger charge is 2.36. The van der Waals surface area contributed by atoms with Gasteiger partial charge in [-0.25, -0.2) is 4.98 Å². The number of carbonyl (C=O) groups is 2. The number of aromatic nitrogens is 2. The normalized spacial score (nSPS) is 23.5. The molecule has 1 saturated heterocycles. The van der Waals surface area contributed by atoms with Gasteiger partial charge in [-0.15, -0.1) is 0 Å². The lowest BCUT2D eigenvalue weighted by molar-refractivity contribution is -0.140. The molecule has 1 aromatic heterocycles. The van der Waals surface area contributed by atoms with Gasteiger partial charge in [-0.3, -0.25) is 19.5 Å². The highest BCUT2D eigenvalue weighted by Crippen LogP contribution is 2.27. The van der Waals surface area contributed by atoms with Crippen molar-refractivity contribution in [3.05, 3.63) is 18.6 Å². The lowest BCUT2D eigenvalue weighted by Gasteiger charge is -2.43. The van der Waals surface area contributed by atoms with Gasteiger partial charge in [-0.05, 0) is 32.2 Å². The predicted molar refractivity (Wildman–Crippen MR) is 96.8 cm³/mol. The molecule has 0 bridgehead atoms. The van der Waals surface area contributed by atoms with Crippen molar-refractivity contribution in [3.63, 3.8) is 0 Å². The van der Waals surface area contributed by atoms with Crippen LogP contribution in [0.5, 0.6) is 0 Å². The molecule has 8 nitrogen and oxygen atoms in total. The minimum atomic E-state index is -0.797. The van der Waals surface area contributed by atoms with Crippen LogP contribution < -0.4 is 10.2 Å². The van der Waals surface area contributed by atoms with Gasteiger partial charge >= 0.3 is 5.97 Å². The SMILES string of the molecule is CCN(CC(=O)O)C1CC(NC(=O)C2CCN(c3cnccn3)CC2)C1. The van der Waals surface area contributed by atoms with Crippen molar-refractivity contribution >= 4 is 17.7 Å². The van der Waals surface area contributed by atoms with E-state index in [1.54, 1.807) is 18.6 Å². The molecule has 0 atom stereocenters. The minimum Gasteiger partial charge on any atom is -0.480 e. The Bertz CT molecular complexity index is 613. The highest BCUT2D eigenvalue weighted by atomic mass is 16.4. The van der Waals surface area contributed by atoms with Crippen molar-refractivity contribution in [1.29, 1.82) is 0 Å². The van der Waals surface area contributed by atoms with Crippen molar-refractivity contribution in [3.8, 4) is 0 Å². The molecule has 1 saturated carbocycles. The summed E-state index contributed by atoms with van der Waals surface area (Å²) in [5, 5.41) is 12.1. The second kappa shape index (κ2) is 8.44. The summed E-state index contributed by atoms with van der Waals surface area (Å²) >= 11 is 0. The van der Waals surface area contributed by atoms with Gasteiger partial charge in [0, 0.05) is 43.5 Å². The van der Waals surface area contributed by atoms with E-state index < -0.39 is 5.97 Å². The van der Waals surface area contributed by atoms with Crippen molar-refractivity contribution in [2.24, 2.45) is 5.92 Å². The van der Waals surface area contributed by atoms with Gasteiger partial charge in [0.15, 0.2) is 0 Å². The number of carboxylic acids is 1. The first-order valence-electron chi connectivity index (χ1n) is 9.34. The van der Waals surface area contributed by atoms with Crippen LogP contribution in [0.1, 0.15) is 32.6 Å². The van der Waals surface area contributed by atoms with Gasteiger partial charge in [0.25, 0.3) is 0 Å². The molecule has 0 aromatic carbocycles. The Morgan fingerprint density at radius 2 is 2.04 bits per heavy atom. The third-order valence-corrected chi connectivity index (χ3v) is 5.46. The van der Waals surface area contributed by atoms with Crippen LogP contribution in [0.4, 0.5) is 5.82 Å². The average Bonchev–Trinajstić information content (AvgIpc) is 2.63. The first-order valence-corrected chi connectivity index (χ1v) is 9.34. The molecule has 0 radical (unpaired) electrons. The van der Waals surface area contributed by atoms with E-state index in [-0.39, 0.29) is 30.5 Å². The fraction of sp³-hybridized carbons (Fsp3) is 0.667. The minimum absolute atomic E-state index is 0.0447. The van der Waals surface area contributed by atoms with Gasteiger partial charge in [0.05, 0.1) is 12.7 Å². The number of anilines is 1. The molecule has 2 heterocycles. The van der Waals surface area contributed by atoms with Gasteiger partial charge in [0.1, 0.15) is 5.82 Å². The molecule has 2 aliphatic rings. The molecule has 2 fully saturated rings. The third kappa shape index (κ3) is 4.49. The Labute approximate surface area is 153 Å². The lowest BCUT2D eigenvalue weighted by atomic mass is 9.84. The second-order valence-corrected chi connectivity index (χ2v) is 7.11. The van der Waals surface area contributed by atoms with E-state index in [1.165, 1.54) is 0 Å². The molecule has 26 heavy (non-hydrogen) atoms. The number of hydrogen-bond acceptors (Lipinski definition) is 6. The van der Waals surface area contributed by atoms with Crippen LogP contribution in [0.25, 0.3) is 0 Å². The number of likely N-dealkylation sites (N-methyl/N-ethyl adjacent to an activating group) is 1. The van der Waals surface area contributed by atoms with Crippen LogP contribution in [-0.2, 0) is 9.59 Å². The van der Waals surface area contributed by atoms with E-state index in [0.717, 1.165) is 51.1 Å². The fourth-order valence-corrected chi connectivity index (χ4v) is 3.82. The average molecular weight is 361 g/mol. The predicted octanol–water partition coefficient (Wildman–Crippen LogP) is 0.747. The van der Waals surface area contributed by atoms with E-state index >= 15 is 0 Å². The van der Waals surface area contributed by atoms with Gasteiger partial charge in [0.2, 0.25) is 5.91 Å². The first kappa shape index (κ1) is 18.6. The van der Waals surface area contributed by atoms with E-state index in [0.29, 0.717) is 0 Å². The van der Waals surface area contributed by atoms with Crippen LogP contribution in [-0.4, -0.2) is 70.1 Å². The summed E-state index contributed by atoms with van der Waals surface area (Å²) in [7, 11) is 0. The summed E-state index contributed by atoms with van der Waals surface area (Å²) in [6, 6.07) is 0.438. The maximum Gasteiger partial charge on any atom is 0.317 e. The summed E-state index contributed by atoms with van der Waals surface area (Å²) in [5.41, 5.74) is 0. The molecule has 0 spiro atoms. The van der Waals surface area contributed by atoms with Crippen molar-refractivity contribution in [2.75, 3.05) is 31.1 Å². The molecule has 2 N–H and O–H groups in total. The highest BCUT2D eigenvalue weighted by molar-refractivity contribution is 5.79. The molecule has 1 aliphatic carbocycles.